The Bertz CT molecular complexity index is 211. The summed E-state index contributed by atoms with van der Waals surface area (Å²) < 4.78 is 0. The summed E-state index contributed by atoms with van der Waals surface area (Å²) in [5.41, 5.74) is 0. The average Bonchev–Trinajstić information content (AvgIpc) is 2.47. The molecule has 0 heterocycles. The third-order valence-electron chi connectivity index (χ3n) is 4.30. The molecule has 0 rings (SSSR count). The van der Waals surface area contributed by atoms with Gasteiger partial charge in [-0.15, -0.1) is 12.3 Å². The van der Waals surface area contributed by atoms with Crippen molar-refractivity contribution in [1.29, 1.82) is 0 Å². The summed E-state index contributed by atoms with van der Waals surface area (Å²) >= 11 is 0. The highest BCUT2D eigenvalue weighted by Crippen LogP contribution is 2.18. The molecule has 0 aromatic carbocycles. The molecule has 0 aliphatic rings. The van der Waals surface area contributed by atoms with E-state index < -0.39 is 0 Å². The lowest BCUT2D eigenvalue weighted by Gasteiger charge is -2.10. The van der Waals surface area contributed by atoms with Gasteiger partial charge in [0.15, 0.2) is 0 Å². The molecule has 0 aromatic heterocycles. The first-order chi connectivity index (χ1) is 9.85. The third-order valence-corrected chi connectivity index (χ3v) is 4.30. The molecule has 0 amide bonds. The van der Waals surface area contributed by atoms with Gasteiger partial charge in [-0.3, -0.25) is 0 Å². The minimum Gasteiger partial charge on any atom is -0.120 e. The van der Waals surface area contributed by atoms with Gasteiger partial charge in [-0.25, -0.2) is 0 Å². The van der Waals surface area contributed by atoms with E-state index in [0.717, 1.165) is 0 Å². The first-order valence-corrected chi connectivity index (χ1v) is 9.31. The normalized spacial score (nSPS) is 12.2. The lowest BCUT2D eigenvalue weighted by atomic mass is 9.95. The minimum atomic E-state index is 0.552. The molecular formula is C20H38. The lowest BCUT2D eigenvalue weighted by molar-refractivity contribution is 0.477. The molecule has 1 unspecified atom stereocenters. The molecule has 0 aromatic rings. The standard InChI is InChI=1S/C20H38/c1-4-7-9-11-12-13-14-15-17-19-20(6-3)18-16-10-8-5-2/h3,20H,4-5,7-19H2,1-2H3. The van der Waals surface area contributed by atoms with Crippen LogP contribution in [-0.2, 0) is 0 Å². The van der Waals surface area contributed by atoms with Crippen molar-refractivity contribution in [3.05, 3.63) is 0 Å². The Morgan fingerprint density at radius 3 is 1.35 bits per heavy atom. The van der Waals surface area contributed by atoms with Crippen LogP contribution < -0.4 is 0 Å². The summed E-state index contributed by atoms with van der Waals surface area (Å²) in [6.07, 6.45) is 26.2. The molecule has 20 heavy (non-hydrogen) atoms. The first kappa shape index (κ1) is 19.6. The van der Waals surface area contributed by atoms with Gasteiger partial charge in [0, 0.05) is 5.92 Å². The fourth-order valence-corrected chi connectivity index (χ4v) is 2.83. The second-order valence-electron chi connectivity index (χ2n) is 6.33. The van der Waals surface area contributed by atoms with Crippen LogP contribution in [-0.4, -0.2) is 0 Å². The van der Waals surface area contributed by atoms with E-state index in [-0.39, 0.29) is 0 Å². The quantitative estimate of drug-likeness (QED) is 0.221. The predicted molar refractivity (Wildman–Crippen MR) is 92.9 cm³/mol. The molecule has 0 radical (unpaired) electrons. The maximum Gasteiger partial charge on any atom is 0.0200 e. The van der Waals surface area contributed by atoms with Gasteiger partial charge in [0.25, 0.3) is 0 Å². The fourth-order valence-electron chi connectivity index (χ4n) is 2.83. The van der Waals surface area contributed by atoms with Gasteiger partial charge < -0.3 is 0 Å². The van der Waals surface area contributed by atoms with Crippen molar-refractivity contribution in [2.45, 2.75) is 110 Å². The smallest absolute Gasteiger partial charge is 0.0200 e. The van der Waals surface area contributed by atoms with Gasteiger partial charge in [0.2, 0.25) is 0 Å². The zero-order chi connectivity index (χ0) is 14.9. The number of unbranched alkanes of at least 4 members (excludes halogenated alkanes) is 11. The SMILES string of the molecule is C#CC(CCCCCC)CCCCCCCCCCC. The van der Waals surface area contributed by atoms with Crippen LogP contribution in [0.5, 0.6) is 0 Å². The zero-order valence-corrected chi connectivity index (χ0v) is 14.3. The molecule has 0 saturated heterocycles. The fraction of sp³-hybridized carbons (Fsp3) is 0.900. The van der Waals surface area contributed by atoms with E-state index in [1.54, 1.807) is 0 Å². The Hall–Kier alpha value is -0.440. The van der Waals surface area contributed by atoms with E-state index in [4.69, 9.17) is 6.42 Å². The summed E-state index contributed by atoms with van der Waals surface area (Å²) in [4.78, 5) is 0. The number of terminal acetylenes is 1. The molecule has 0 fully saturated rings. The third kappa shape index (κ3) is 14.0. The highest BCUT2D eigenvalue weighted by atomic mass is 14.1. The molecule has 0 saturated carbocycles. The van der Waals surface area contributed by atoms with Crippen LogP contribution in [0.15, 0.2) is 0 Å². The van der Waals surface area contributed by atoms with Gasteiger partial charge in [0.05, 0.1) is 0 Å². The predicted octanol–water partition coefficient (Wildman–Crippen LogP) is 7.13. The maximum atomic E-state index is 5.65. The molecule has 0 N–H and O–H groups in total. The van der Waals surface area contributed by atoms with Crippen LogP contribution in [0, 0.1) is 18.3 Å². The van der Waals surface area contributed by atoms with Crippen molar-refractivity contribution in [3.63, 3.8) is 0 Å². The van der Waals surface area contributed by atoms with Crippen LogP contribution in [0.3, 0.4) is 0 Å². The number of hydrogen-bond acceptors (Lipinski definition) is 0. The second-order valence-corrected chi connectivity index (χ2v) is 6.33. The van der Waals surface area contributed by atoms with Gasteiger partial charge in [-0.05, 0) is 12.8 Å². The molecule has 0 aliphatic carbocycles. The summed E-state index contributed by atoms with van der Waals surface area (Å²) in [5, 5.41) is 0. The Morgan fingerprint density at radius 2 is 0.950 bits per heavy atom. The van der Waals surface area contributed by atoms with Crippen molar-refractivity contribution < 1.29 is 0 Å². The molecule has 0 heteroatoms. The lowest BCUT2D eigenvalue weighted by Crippen LogP contribution is -1.97. The highest BCUT2D eigenvalue weighted by molar-refractivity contribution is 4.92. The molecular weight excluding hydrogens is 240 g/mol. The molecule has 0 aliphatic heterocycles. The second kappa shape index (κ2) is 16.6. The van der Waals surface area contributed by atoms with Gasteiger partial charge in [-0.2, -0.15) is 0 Å². The van der Waals surface area contributed by atoms with Crippen molar-refractivity contribution in [2.24, 2.45) is 5.92 Å². The topological polar surface area (TPSA) is 0 Å². The minimum absolute atomic E-state index is 0.552. The van der Waals surface area contributed by atoms with Gasteiger partial charge in [0.1, 0.15) is 0 Å². The van der Waals surface area contributed by atoms with Crippen molar-refractivity contribution >= 4 is 0 Å². The maximum absolute atomic E-state index is 5.65. The van der Waals surface area contributed by atoms with Crippen molar-refractivity contribution in [1.82, 2.24) is 0 Å². The summed E-state index contributed by atoms with van der Waals surface area (Å²) in [7, 11) is 0. The summed E-state index contributed by atoms with van der Waals surface area (Å²) in [6, 6.07) is 0. The van der Waals surface area contributed by atoms with Crippen molar-refractivity contribution in [3.8, 4) is 12.3 Å². The Kier molecular flexibility index (Phi) is 16.2. The van der Waals surface area contributed by atoms with Gasteiger partial charge in [-0.1, -0.05) is 97.3 Å². The van der Waals surface area contributed by atoms with Crippen LogP contribution >= 0.6 is 0 Å². The highest BCUT2D eigenvalue weighted by Gasteiger charge is 2.04. The Morgan fingerprint density at radius 1 is 0.600 bits per heavy atom. The van der Waals surface area contributed by atoms with Crippen LogP contribution in [0.1, 0.15) is 110 Å². The van der Waals surface area contributed by atoms with Crippen LogP contribution in [0.25, 0.3) is 0 Å². The van der Waals surface area contributed by atoms with Crippen molar-refractivity contribution in [2.75, 3.05) is 0 Å². The summed E-state index contributed by atoms with van der Waals surface area (Å²) in [6.45, 7) is 4.55. The Labute approximate surface area is 129 Å². The summed E-state index contributed by atoms with van der Waals surface area (Å²) in [5.74, 6) is 3.56. The number of rotatable bonds is 15. The Balaban J connectivity index is 3.27. The monoisotopic (exact) mass is 278 g/mol. The number of hydrogen-bond donors (Lipinski definition) is 0. The molecule has 0 spiro atoms. The molecule has 0 nitrogen and oxygen atoms in total. The largest absolute Gasteiger partial charge is 0.120 e. The van der Waals surface area contributed by atoms with E-state index in [2.05, 4.69) is 19.8 Å². The van der Waals surface area contributed by atoms with E-state index in [9.17, 15) is 0 Å². The zero-order valence-electron chi connectivity index (χ0n) is 14.3. The average molecular weight is 279 g/mol. The molecule has 0 bridgehead atoms. The van der Waals surface area contributed by atoms with Gasteiger partial charge >= 0.3 is 0 Å². The van der Waals surface area contributed by atoms with Crippen LogP contribution in [0.4, 0.5) is 0 Å². The van der Waals surface area contributed by atoms with E-state index in [1.165, 1.54) is 96.3 Å². The van der Waals surface area contributed by atoms with E-state index >= 15 is 0 Å². The first-order valence-electron chi connectivity index (χ1n) is 9.31. The van der Waals surface area contributed by atoms with E-state index in [1.807, 2.05) is 0 Å². The van der Waals surface area contributed by atoms with Crippen LogP contribution in [0.2, 0.25) is 0 Å². The molecule has 118 valence electrons. The molecule has 1 atom stereocenters. The van der Waals surface area contributed by atoms with E-state index in [0.29, 0.717) is 5.92 Å².